The highest BCUT2D eigenvalue weighted by Crippen LogP contribution is 2.34. The van der Waals surface area contributed by atoms with E-state index < -0.39 is 65.0 Å². The van der Waals surface area contributed by atoms with Gasteiger partial charge in [0, 0.05) is 95.5 Å². The van der Waals surface area contributed by atoms with Crippen molar-refractivity contribution in [2.24, 2.45) is 0 Å². The zero-order valence-electron chi connectivity index (χ0n) is 69.4. The molecule has 27 nitrogen and oxygen atoms in total. The summed E-state index contributed by atoms with van der Waals surface area (Å²) in [7, 11) is 6.66. The van der Waals surface area contributed by atoms with Crippen molar-refractivity contribution in [1.29, 1.82) is 5.41 Å². The summed E-state index contributed by atoms with van der Waals surface area (Å²) in [6.45, 7) is 10.1. The minimum atomic E-state index is -0.613. The molecule has 0 spiro atoms. The maximum absolute atomic E-state index is 14.3. The second kappa shape index (κ2) is 41.8. The maximum Gasteiger partial charge on any atom is 0.266 e. The first-order valence-corrected chi connectivity index (χ1v) is 40.4. The molecule has 0 saturated heterocycles. The van der Waals surface area contributed by atoms with Gasteiger partial charge in [0.05, 0.1) is 50.2 Å². The van der Waals surface area contributed by atoms with Crippen molar-refractivity contribution in [3.05, 3.63) is 296 Å². The predicted octanol–water partition coefficient (Wildman–Crippen LogP) is 15.2. The van der Waals surface area contributed by atoms with Crippen molar-refractivity contribution in [3.63, 3.8) is 0 Å². The Morgan fingerprint density at radius 1 is 0.336 bits per heavy atom. The van der Waals surface area contributed by atoms with Crippen molar-refractivity contribution >= 4 is 105 Å². The normalized spacial score (nSPS) is 12.4. The van der Waals surface area contributed by atoms with E-state index in [1.807, 2.05) is 59.1 Å². The summed E-state index contributed by atoms with van der Waals surface area (Å²) < 4.78 is 12.2. The fraction of sp³-hybridized carbons (Fsp3) is 0.242. The monoisotopic (exact) mass is 1640 g/mol. The Morgan fingerprint density at radius 2 is 0.697 bits per heavy atom. The number of nitrogens with zero attached hydrogens (tertiary/aromatic N) is 1. The van der Waals surface area contributed by atoms with Gasteiger partial charge in [-0.25, -0.2) is 4.90 Å². The molecular formula is C95H100N14O13. The summed E-state index contributed by atoms with van der Waals surface area (Å²) in [6.07, 6.45) is 6.24. The molecular weight excluding hydrogens is 1550 g/mol. The van der Waals surface area contributed by atoms with Gasteiger partial charge in [0.15, 0.2) is 0 Å². The van der Waals surface area contributed by atoms with Gasteiger partial charge in [-0.05, 0) is 295 Å². The molecule has 4 atom stereocenters. The van der Waals surface area contributed by atoms with Crippen LogP contribution >= 0.6 is 0 Å². The fourth-order valence-electron chi connectivity index (χ4n) is 13.6. The van der Waals surface area contributed by atoms with E-state index in [-0.39, 0.29) is 91.7 Å². The third-order valence-corrected chi connectivity index (χ3v) is 20.9. The molecule has 10 aromatic rings. The van der Waals surface area contributed by atoms with Gasteiger partial charge in [0.2, 0.25) is 0 Å². The summed E-state index contributed by atoms with van der Waals surface area (Å²) in [5.41, 5.74) is 6.20. The molecule has 122 heavy (non-hydrogen) atoms. The number of carbonyl (C=O) groups is 11. The highest BCUT2D eigenvalue weighted by molar-refractivity contribution is 6.35. The number of nitrogens with one attached hydrogen (secondary N) is 13. The summed E-state index contributed by atoms with van der Waals surface area (Å²) in [5.74, 6) is -4.15. The van der Waals surface area contributed by atoms with Crippen molar-refractivity contribution in [2.75, 3.05) is 66.2 Å². The molecule has 11 amide bonds. The summed E-state index contributed by atoms with van der Waals surface area (Å²) in [5, 5.41) is 44.2. The van der Waals surface area contributed by atoms with E-state index in [0.717, 1.165) is 48.1 Å². The second-order valence-corrected chi connectivity index (χ2v) is 30.0. The molecule has 27 heteroatoms. The number of amidine groups is 1. The summed E-state index contributed by atoms with van der Waals surface area (Å²) in [4.78, 5) is 151. The summed E-state index contributed by atoms with van der Waals surface area (Å²) >= 11 is 0. The Balaban J connectivity index is 0.656. The lowest BCUT2D eigenvalue weighted by molar-refractivity contribution is 0.0908. The first-order chi connectivity index (χ1) is 58.7. The van der Waals surface area contributed by atoms with Gasteiger partial charge >= 0.3 is 0 Å². The molecule has 0 radical (unpaired) electrons. The Hall–Kier alpha value is -14.4. The van der Waals surface area contributed by atoms with Gasteiger partial charge in [-0.2, -0.15) is 0 Å². The van der Waals surface area contributed by atoms with E-state index in [0.29, 0.717) is 94.4 Å². The number of amides is 11. The van der Waals surface area contributed by atoms with Gasteiger partial charge in [-0.3, -0.25) is 58.1 Å². The quantitative estimate of drug-likeness (QED) is 0.00744. The van der Waals surface area contributed by atoms with Gasteiger partial charge < -0.3 is 73.3 Å². The average molecular weight is 1650 g/mol. The molecule has 0 bridgehead atoms. The van der Waals surface area contributed by atoms with E-state index >= 15 is 0 Å². The fourth-order valence-corrected chi connectivity index (χ4v) is 13.6. The van der Waals surface area contributed by atoms with Crippen LogP contribution in [0.1, 0.15) is 209 Å². The molecule has 0 fully saturated rings. The number of carbonyl (C=O) groups excluding carboxylic acids is 11. The van der Waals surface area contributed by atoms with Crippen LogP contribution < -0.4 is 78.2 Å². The van der Waals surface area contributed by atoms with Gasteiger partial charge in [0.25, 0.3) is 65.0 Å². The molecule has 0 saturated carbocycles. The van der Waals surface area contributed by atoms with E-state index in [2.05, 4.69) is 77.6 Å². The molecule has 10 aromatic carbocycles. The van der Waals surface area contributed by atoms with Crippen LogP contribution in [0.3, 0.4) is 0 Å². The number of unbranched alkanes of at least 4 members (excludes halogenated alkanes) is 1. The number of ether oxygens (including phenoxy) is 2. The molecule has 1 aliphatic heterocycles. The summed E-state index contributed by atoms with van der Waals surface area (Å²) in [6, 6.07) is 58.4. The largest absolute Gasteiger partial charge is 0.457 e. The number of imide groups is 1. The van der Waals surface area contributed by atoms with Gasteiger partial charge in [-0.15, -0.1) is 0 Å². The van der Waals surface area contributed by atoms with Gasteiger partial charge in [0.1, 0.15) is 28.8 Å². The molecule has 13 N–H and O–H groups in total. The van der Waals surface area contributed by atoms with Crippen LogP contribution in [0.2, 0.25) is 0 Å². The van der Waals surface area contributed by atoms with E-state index in [1.54, 1.807) is 127 Å². The first kappa shape index (κ1) is 88.4. The standard InChI is InChI=1S/C95H100N14O13/c1-56-19-27-67(28-20-56)104-86(111)63-25-49-78(91(116)102-60(5)16-12-14-58(3)97-6)82(54-63)93(118)108-70-35-43-74(44-36-70)121-73-41-33-69(34-42-73)106-85(110)62-24-48-76(88(113)99-8)81(53-62)90(115)101-51-11-10-17-65(18-13-15-59(4)98-7)107-92(117)77-47-23-61(52-80(77)89(114)100-9)84(96)103-66-31-39-72(40-32-66)122-75-45-37-71(38-46-75)109-94(119)79-50-26-64(55-83(79)95(109)120)87(112)105-68-29-21-57(2)22-30-68/h19-50,52-55,58-60,65,97-98H,10-18,51H2,1-9H3,(H2,96,103)(H,99,113)(H,100,114)(H,101,115)(H,102,116)(H,104,111)(H,105,112)(H,106,110)(H,107,117)(H,108,118). The average Bonchev–Trinajstić information content (AvgIpc) is 1.61. The second-order valence-electron chi connectivity index (χ2n) is 30.0. The number of anilines is 6. The van der Waals surface area contributed by atoms with Crippen molar-refractivity contribution in [2.45, 2.75) is 117 Å². The molecule has 0 aromatic heterocycles. The molecule has 1 heterocycles. The topological polar surface area (TPSA) is 378 Å². The lowest BCUT2D eigenvalue weighted by Crippen LogP contribution is -2.37. The van der Waals surface area contributed by atoms with E-state index in [4.69, 9.17) is 14.9 Å². The first-order valence-electron chi connectivity index (χ1n) is 40.4. The van der Waals surface area contributed by atoms with Gasteiger partial charge in [-0.1, -0.05) is 41.5 Å². The Bertz CT molecular complexity index is 5530. The number of hydrogen-bond acceptors (Lipinski definition) is 16. The molecule has 628 valence electrons. The van der Waals surface area contributed by atoms with Crippen LogP contribution in [0, 0.1) is 19.3 Å². The number of hydrogen-bond donors (Lipinski definition) is 13. The van der Waals surface area contributed by atoms with Crippen molar-refractivity contribution in [1.82, 2.24) is 37.2 Å². The maximum atomic E-state index is 14.3. The zero-order chi connectivity index (χ0) is 87.1. The van der Waals surface area contributed by atoms with E-state index in [9.17, 15) is 52.7 Å². The molecule has 11 rings (SSSR count). The number of aryl methyl sites for hydroxylation is 2. The number of rotatable bonds is 37. The predicted molar refractivity (Wildman–Crippen MR) is 473 cm³/mol. The Morgan fingerprint density at radius 3 is 1.18 bits per heavy atom. The Labute approximate surface area is 708 Å². The van der Waals surface area contributed by atoms with Crippen LogP contribution in [-0.2, 0) is 0 Å². The van der Waals surface area contributed by atoms with Crippen molar-refractivity contribution in [3.8, 4) is 23.0 Å². The number of fused-ring (bicyclic) bond motifs is 1. The smallest absolute Gasteiger partial charge is 0.266 e. The van der Waals surface area contributed by atoms with Crippen LogP contribution in [0.25, 0.3) is 0 Å². The highest BCUT2D eigenvalue weighted by atomic mass is 16.5. The third kappa shape index (κ3) is 23.5. The minimum absolute atomic E-state index is 0.00108. The van der Waals surface area contributed by atoms with Crippen LogP contribution in [0.15, 0.2) is 218 Å². The van der Waals surface area contributed by atoms with E-state index in [1.165, 1.54) is 80.8 Å². The van der Waals surface area contributed by atoms with Crippen LogP contribution in [0.4, 0.5) is 34.1 Å². The molecule has 1 aliphatic rings. The lowest BCUT2D eigenvalue weighted by atomic mass is 9.98. The van der Waals surface area contributed by atoms with Crippen LogP contribution in [-0.4, -0.2) is 130 Å². The highest BCUT2D eigenvalue weighted by Gasteiger charge is 2.38. The zero-order valence-corrected chi connectivity index (χ0v) is 69.4. The minimum Gasteiger partial charge on any atom is -0.457 e. The molecule has 0 aliphatic carbocycles. The number of benzene rings is 10. The van der Waals surface area contributed by atoms with Crippen LogP contribution in [0.5, 0.6) is 23.0 Å². The SMILES string of the molecule is CNC(=O)c1ccc(C(=O)Nc2ccc(Oc3ccc(NC(=O)c4cc(C(=O)Nc5ccc(C)cc5)ccc4C(=O)NC(C)CCCC(C)NC)cc3)cc2)cc1C(=O)NCCCCC(CCCC(C)NC)NC(=O)c1ccc(C(=N)Nc2ccc(Oc3ccc(N4C(=O)c5ccc(C(=O)Nc6ccc(C)cc6)cc5C4=O)cc3)cc2)cc1C(=O)NC. The van der Waals surface area contributed by atoms with Crippen molar-refractivity contribution < 1.29 is 62.2 Å². The third-order valence-electron chi connectivity index (χ3n) is 20.9. The lowest BCUT2D eigenvalue weighted by Gasteiger charge is -2.21. The Kier molecular flexibility index (Phi) is 30.3. The molecule has 4 unspecified atom stereocenters.